The highest BCUT2D eigenvalue weighted by atomic mass is 16.2. The van der Waals surface area contributed by atoms with Gasteiger partial charge in [-0.05, 0) is 56.8 Å². The number of likely N-dealkylation sites (tertiary alicyclic amines) is 1. The van der Waals surface area contributed by atoms with Crippen LogP contribution in [0.25, 0.3) is 0 Å². The third kappa shape index (κ3) is 4.36. The molecule has 1 aromatic heterocycles. The van der Waals surface area contributed by atoms with E-state index in [1.807, 2.05) is 33.0 Å². The van der Waals surface area contributed by atoms with Crippen molar-refractivity contribution in [1.29, 1.82) is 0 Å². The molecule has 1 aliphatic heterocycles. The van der Waals surface area contributed by atoms with Crippen molar-refractivity contribution >= 4 is 5.91 Å². The van der Waals surface area contributed by atoms with Crippen LogP contribution < -0.4 is 5.56 Å². The molecule has 2 heterocycles. The van der Waals surface area contributed by atoms with Gasteiger partial charge in [-0.2, -0.15) is 0 Å². The summed E-state index contributed by atoms with van der Waals surface area (Å²) in [6.07, 6.45) is 3.07. The molecule has 1 aliphatic rings. The minimum atomic E-state index is -0.203. The SMILES string of the molecule is Cc1cc(C)n(C)c(=O)c1C(=O)N(C)C1CCCN(CCc2ccccc2)C1. The predicted molar refractivity (Wildman–Crippen MR) is 113 cm³/mol. The standard InChI is InChI=1S/C23H31N3O2/c1-17-15-18(2)24(3)22(27)21(17)23(28)25(4)20-11-8-13-26(16-20)14-12-19-9-6-5-7-10-19/h5-7,9-10,15,20H,8,11-14,16H2,1-4H3. The lowest BCUT2D eigenvalue weighted by Crippen LogP contribution is -2.50. The maximum absolute atomic E-state index is 13.1. The molecule has 0 bridgehead atoms. The van der Waals surface area contributed by atoms with Crippen molar-refractivity contribution in [2.45, 2.75) is 39.2 Å². The van der Waals surface area contributed by atoms with Gasteiger partial charge in [0.05, 0.1) is 0 Å². The molecule has 150 valence electrons. The van der Waals surface area contributed by atoms with E-state index in [9.17, 15) is 9.59 Å². The Labute approximate surface area is 167 Å². The lowest BCUT2D eigenvalue weighted by atomic mass is 10.0. The molecule has 5 nitrogen and oxygen atoms in total. The second-order valence-electron chi connectivity index (χ2n) is 7.96. The van der Waals surface area contributed by atoms with E-state index >= 15 is 0 Å². The third-order valence-electron chi connectivity index (χ3n) is 5.99. The molecule has 0 saturated carbocycles. The number of carbonyl (C=O) groups is 1. The van der Waals surface area contributed by atoms with Crippen LogP contribution >= 0.6 is 0 Å². The molecular weight excluding hydrogens is 350 g/mol. The van der Waals surface area contributed by atoms with Gasteiger partial charge in [0.2, 0.25) is 0 Å². The number of hydrogen-bond donors (Lipinski definition) is 0. The summed E-state index contributed by atoms with van der Waals surface area (Å²) in [7, 11) is 3.56. The van der Waals surface area contributed by atoms with Crippen LogP contribution in [0.4, 0.5) is 0 Å². The van der Waals surface area contributed by atoms with E-state index in [1.165, 1.54) is 5.56 Å². The third-order valence-corrected chi connectivity index (χ3v) is 5.99. The van der Waals surface area contributed by atoms with E-state index in [4.69, 9.17) is 0 Å². The molecule has 0 N–H and O–H groups in total. The molecule has 28 heavy (non-hydrogen) atoms. The molecular formula is C23H31N3O2. The van der Waals surface area contributed by atoms with Gasteiger partial charge in [0, 0.05) is 38.9 Å². The van der Waals surface area contributed by atoms with Crippen LogP contribution in [0.3, 0.4) is 0 Å². The molecule has 1 aromatic carbocycles. The average Bonchev–Trinajstić information content (AvgIpc) is 2.71. The minimum Gasteiger partial charge on any atom is -0.337 e. The summed E-state index contributed by atoms with van der Waals surface area (Å²) in [6, 6.07) is 12.6. The number of pyridine rings is 1. The molecule has 1 saturated heterocycles. The molecule has 0 spiro atoms. The summed E-state index contributed by atoms with van der Waals surface area (Å²) < 4.78 is 1.56. The monoisotopic (exact) mass is 381 g/mol. The van der Waals surface area contributed by atoms with Crippen molar-refractivity contribution in [2.75, 3.05) is 26.7 Å². The van der Waals surface area contributed by atoms with E-state index in [2.05, 4.69) is 29.2 Å². The minimum absolute atomic E-state index is 0.141. The Bertz CT molecular complexity index is 889. The van der Waals surface area contributed by atoms with Crippen molar-refractivity contribution in [3.05, 3.63) is 69.1 Å². The number of likely N-dealkylation sites (N-methyl/N-ethyl adjacent to an activating group) is 1. The van der Waals surface area contributed by atoms with Gasteiger partial charge in [-0.25, -0.2) is 0 Å². The number of aryl methyl sites for hydroxylation is 2. The molecule has 3 rings (SSSR count). The first kappa shape index (κ1) is 20.3. The summed E-state index contributed by atoms with van der Waals surface area (Å²) in [4.78, 5) is 30.0. The number of nitrogens with zero attached hydrogens (tertiary/aromatic N) is 3. The molecule has 2 aromatic rings. The summed E-state index contributed by atoms with van der Waals surface area (Å²) in [6.45, 7) is 6.66. The number of carbonyl (C=O) groups excluding carboxylic acids is 1. The zero-order valence-electron chi connectivity index (χ0n) is 17.4. The number of rotatable bonds is 5. The van der Waals surface area contributed by atoms with Gasteiger partial charge in [-0.1, -0.05) is 30.3 Å². The summed E-state index contributed by atoms with van der Waals surface area (Å²) >= 11 is 0. The first-order valence-corrected chi connectivity index (χ1v) is 10.1. The molecule has 1 fully saturated rings. The van der Waals surface area contributed by atoms with Crippen LogP contribution in [0, 0.1) is 13.8 Å². The van der Waals surface area contributed by atoms with E-state index in [0.717, 1.165) is 50.2 Å². The van der Waals surface area contributed by atoms with Crippen molar-refractivity contribution in [1.82, 2.24) is 14.4 Å². The molecule has 1 atom stereocenters. The number of amides is 1. The highest BCUT2D eigenvalue weighted by Crippen LogP contribution is 2.18. The Hall–Kier alpha value is -2.40. The summed E-state index contributed by atoms with van der Waals surface area (Å²) in [5, 5.41) is 0. The Kier molecular flexibility index (Phi) is 6.35. The maximum Gasteiger partial charge on any atom is 0.263 e. The first-order valence-electron chi connectivity index (χ1n) is 10.1. The summed E-state index contributed by atoms with van der Waals surface area (Å²) in [5.74, 6) is -0.159. The summed E-state index contributed by atoms with van der Waals surface area (Å²) in [5.41, 5.74) is 3.07. The Balaban J connectivity index is 1.68. The number of hydrogen-bond acceptors (Lipinski definition) is 3. The fraction of sp³-hybridized carbons (Fsp3) is 0.478. The van der Waals surface area contributed by atoms with E-state index < -0.39 is 0 Å². The van der Waals surface area contributed by atoms with Crippen molar-refractivity contribution in [3.63, 3.8) is 0 Å². The lowest BCUT2D eigenvalue weighted by Gasteiger charge is -2.37. The van der Waals surface area contributed by atoms with Crippen molar-refractivity contribution in [2.24, 2.45) is 7.05 Å². The topological polar surface area (TPSA) is 45.6 Å². The lowest BCUT2D eigenvalue weighted by molar-refractivity contribution is 0.0616. The van der Waals surface area contributed by atoms with Crippen LogP contribution in [0.15, 0.2) is 41.2 Å². The Morgan fingerprint density at radius 1 is 1.21 bits per heavy atom. The fourth-order valence-corrected chi connectivity index (χ4v) is 4.06. The van der Waals surface area contributed by atoms with Crippen LogP contribution in [-0.4, -0.2) is 53.0 Å². The van der Waals surface area contributed by atoms with Gasteiger partial charge in [0.15, 0.2) is 0 Å². The molecule has 1 unspecified atom stereocenters. The predicted octanol–water partition coefficient (Wildman–Crippen LogP) is 2.78. The van der Waals surface area contributed by atoms with Crippen molar-refractivity contribution in [3.8, 4) is 0 Å². The smallest absolute Gasteiger partial charge is 0.263 e. The number of piperidine rings is 1. The second-order valence-corrected chi connectivity index (χ2v) is 7.96. The van der Waals surface area contributed by atoms with Gasteiger partial charge >= 0.3 is 0 Å². The molecule has 1 amide bonds. The van der Waals surface area contributed by atoms with Gasteiger partial charge in [-0.15, -0.1) is 0 Å². The Morgan fingerprint density at radius 3 is 2.64 bits per heavy atom. The van der Waals surface area contributed by atoms with E-state index in [1.54, 1.807) is 16.5 Å². The van der Waals surface area contributed by atoms with Gasteiger partial charge in [0.1, 0.15) is 5.56 Å². The van der Waals surface area contributed by atoms with E-state index in [0.29, 0.717) is 5.56 Å². The van der Waals surface area contributed by atoms with Crippen LogP contribution in [0.2, 0.25) is 0 Å². The zero-order chi connectivity index (χ0) is 20.3. The normalized spacial score (nSPS) is 17.5. The number of benzene rings is 1. The second kappa shape index (κ2) is 8.74. The van der Waals surface area contributed by atoms with E-state index in [-0.39, 0.29) is 17.5 Å². The molecule has 0 radical (unpaired) electrons. The average molecular weight is 382 g/mol. The zero-order valence-corrected chi connectivity index (χ0v) is 17.4. The maximum atomic E-state index is 13.1. The molecule has 0 aliphatic carbocycles. The first-order chi connectivity index (χ1) is 13.4. The number of aromatic nitrogens is 1. The fourth-order valence-electron chi connectivity index (χ4n) is 4.06. The highest BCUT2D eigenvalue weighted by molar-refractivity contribution is 5.95. The largest absolute Gasteiger partial charge is 0.337 e. The van der Waals surface area contributed by atoms with Gasteiger partial charge in [0.25, 0.3) is 11.5 Å². The van der Waals surface area contributed by atoms with Crippen LogP contribution in [-0.2, 0) is 13.5 Å². The van der Waals surface area contributed by atoms with Crippen LogP contribution in [0.5, 0.6) is 0 Å². The quantitative estimate of drug-likeness (QED) is 0.800. The van der Waals surface area contributed by atoms with Gasteiger partial charge < -0.3 is 14.4 Å². The van der Waals surface area contributed by atoms with Crippen molar-refractivity contribution < 1.29 is 4.79 Å². The highest BCUT2D eigenvalue weighted by Gasteiger charge is 2.29. The van der Waals surface area contributed by atoms with Gasteiger partial charge in [-0.3, -0.25) is 9.59 Å². The molecule has 5 heteroatoms. The Morgan fingerprint density at radius 2 is 1.93 bits per heavy atom. The van der Waals surface area contributed by atoms with Crippen LogP contribution in [0.1, 0.15) is 40.0 Å².